The summed E-state index contributed by atoms with van der Waals surface area (Å²) in [5, 5.41) is 0. The standard InChI is InChI=1S/C20H28F3N3O4/c1-12-11-26(18(28)30-19(3,4)5)13(2)10-25(12)16(17(27)29-6)15-8-7-14(9-24-15)20(21,22)23/h7-9,12-13,16H,10-11H2,1-6H3/t12-,13+,16?/m1/s1. The van der Waals surface area contributed by atoms with Gasteiger partial charge in [-0.15, -0.1) is 0 Å². The van der Waals surface area contributed by atoms with Crippen LogP contribution in [0.4, 0.5) is 18.0 Å². The lowest BCUT2D eigenvalue weighted by atomic mass is 10.0. The summed E-state index contributed by atoms with van der Waals surface area (Å²) in [5.74, 6) is -0.632. The number of pyridine rings is 1. The highest BCUT2D eigenvalue weighted by atomic mass is 19.4. The summed E-state index contributed by atoms with van der Waals surface area (Å²) < 4.78 is 48.9. The van der Waals surface area contributed by atoms with E-state index in [9.17, 15) is 22.8 Å². The zero-order valence-corrected chi connectivity index (χ0v) is 18.0. The first-order valence-electron chi connectivity index (χ1n) is 9.61. The predicted octanol–water partition coefficient (Wildman–Crippen LogP) is 3.64. The average Bonchev–Trinajstić information content (AvgIpc) is 2.62. The van der Waals surface area contributed by atoms with Crippen molar-refractivity contribution in [3.05, 3.63) is 29.6 Å². The number of halogens is 3. The van der Waals surface area contributed by atoms with E-state index in [0.29, 0.717) is 12.7 Å². The van der Waals surface area contributed by atoms with E-state index >= 15 is 0 Å². The van der Waals surface area contributed by atoms with Crippen LogP contribution in [0.2, 0.25) is 0 Å². The molecule has 0 N–H and O–H groups in total. The lowest BCUT2D eigenvalue weighted by Gasteiger charge is -2.46. The molecule has 10 heteroatoms. The fraction of sp³-hybridized carbons (Fsp3) is 0.650. The van der Waals surface area contributed by atoms with Crippen LogP contribution in [0.25, 0.3) is 0 Å². The third kappa shape index (κ3) is 5.62. The number of amides is 1. The molecule has 1 saturated heterocycles. The number of hydrogen-bond donors (Lipinski definition) is 0. The Balaban J connectivity index is 2.27. The molecule has 1 aromatic heterocycles. The van der Waals surface area contributed by atoms with Gasteiger partial charge in [0.1, 0.15) is 5.60 Å². The average molecular weight is 431 g/mol. The molecule has 1 amide bonds. The van der Waals surface area contributed by atoms with Gasteiger partial charge >= 0.3 is 18.2 Å². The van der Waals surface area contributed by atoms with Gasteiger partial charge in [0, 0.05) is 31.4 Å². The number of methoxy groups -OCH3 is 1. The van der Waals surface area contributed by atoms with Gasteiger partial charge in [-0.3, -0.25) is 9.88 Å². The molecule has 30 heavy (non-hydrogen) atoms. The van der Waals surface area contributed by atoms with Crippen LogP contribution in [-0.2, 0) is 20.4 Å². The number of rotatable bonds is 3. The number of hydrogen-bond acceptors (Lipinski definition) is 6. The van der Waals surface area contributed by atoms with Crippen molar-refractivity contribution >= 4 is 12.1 Å². The Bertz CT molecular complexity index is 762. The van der Waals surface area contributed by atoms with Gasteiger partial charge in [-0.05, 0) is 46.8 Å². The quantitative estimate of drug-likeness (QED) is 0.681. The van der Waals surface area contributed by atoms with E-state index in [1.807, 2.05) is 13.8 Å². The first-order chi connectivity index (χ1) is 13.7. The van der Waals surface area contributed by atoms with Crippen LogP contribution in [0.3, 0.4) is 0 Å². The van der Waals surface area contributed by atoms with Gasteiger partial charge < -0.3 is 14.4 Å². The Labute approximate surface area is 174 Å². The highest BCUT2D eigenvalue weighted by molar-refractivity contribution is 5.77. The molecule has 0 aromatic carbocycles. The molecule has 0 radical (unpaired) electrons. The number of aromatic nitrogens is 1. The van der Waals surface area contributed by atoms with Crippen LogP contribution in [0.5, 0.6) is 0 Å². The second-order valence-corrected chi connectivity index (χ2v) is 8.42. The topological polar surface area (TPSA) is 72.0 Å². The third-order valence-electron chi connectivity index (χ3n) is 4.81. The molecular weight excluding hydrogens is 403 g/mol. The van der Waals surface area contributed by atoms with Crippen molar-refractivity contribution in [1.82, 2.24) is 14.8 Å². The molecule has 0 bridgehead atoms. The van der Waals surface area contributed by atoms with Crippen molar-refractivity contribution in [3.8, 4) is 0 Å². The van der Waals surface area contributed by atoms with Crippen LogP contribution in [0.1, 0.15) is 51.9 Å². The number of piperazine rings is 1. The molecule has 1 aliphatic heterocycles. The fourth-order valence-electron chi connectivity index (χ4n) is 3.36. The Hall–Kier alpha value is -2.36. The van der Waals surface area contributed by atoms with Gasteiger partial charge in [0.25, 0.3) is 0 Å². The maximum absolute atomic E-state index is 12.9. The van der Waals surface area contributed by atoms with E-state index in [1.54, 1.807) is 30.6 Å². The van der Waals surface area contributed by atoms with Gasteiger partial charge in [-0.2, -0.15) is 13.2 Å². The molecule has 1 unspecified atom stereocenters. The first-order valence-corrected chi connectivity index (χ1v) is 9.61. The van der Waals surface area contributed by atoms with E-state index in [2.05, 4.69) is 4.98 Å². The highest BCUT2D eigenvalue weighted by Crippen LogP contribution is 2.32. The Kier molecular flexibility index (Phi) is 7.01. The smallest absolute Gasteiger partial charge is 0.417 e. The van der Waals surface area contributed by atoms with Crippen LogP contribution >= 0.6 is 0 Å². The zero-order valence-electron chi connectivity index (χ0n) is 18.0. The highest BCUT2D eigenvalue weighted by Gasteiger charge is 2.41. The molecule has 0 spiro atoms. The monoisotopic (exact) mass is 431 g/mol. The molecule has 2 rings (SSSR count). The minimum atomic E-state index is -4.52. The number of carbonyl (C=O) groups excluding carboxylic acids is 2. The van der Waals surface area contributed by atoms with Gasteiger partial charge in [0.15, 0.2) is 6.04 Å². The molecule has 1 fully saturated rings. The van der Waals surface area contributed by atoms with Gasteiger partial charge in [0.05, 0.1) is 18.4 Å². The molecule has 168 valence electrons. The second-order valence-electron chi connectivity index (χ2n) is 8.42. The van der Waals surface area contributed by atoms with E-state index < -0.39 is 35.4 Å². The summed E-state index contributed by atoms with van der Waals surface area (Å²) >= 11 is 0. The van der Waals surface area contributed by atoms with Crippen molar-refractivity contribution in [2.45, 2.75) is 64.5 Å². The van der Waals surface area contributed by atoms with Gasteiger partial charge in [-0.25, -0.2) is 9.59 Å². The molecule has 0 saturated carbocycles. The summed E-state index contributed by atoms with van der Waals surface area (Å²) in [7, 11) is 1.21. The maximum Gasteiger partial charge on any atom is 0.417 e. The third-order valence-corrected chi connectivity index (χ3v) is 4.81. The van der Waals surface area contributed by atoms with Crippen LogP contribution in [0, 0.1) is 0 Å². The summed E-state index contributed by atoms with van der Waals surface area (Å²) in [4.78, 5) is 32.3. The van der Waals surface area contributed by atoms with E-state index in [4.69, 9.17) is 9.47 Å². The number of ether oxygens (including phenoxy) is 2. The number of esters is 1. The molecule has 1 aliphatic rings. The van der Waals surface area contributed by atoms with E-state index in [1.165, 1.54) is 13.2 Å². The van der Waals surface area contributed by atoms with E-state index in [-0.39, 0.29) is 24.3 Å². The Morgan fingerprint density at radius 2 is 1.77 bits per heavy atom. The van der Waals surface area contributed by atoms with Gasteiger partial charge in [-0.1, -0.05) is 0 Å². The van der Waals surface area contributed by atoms with Crippen LogP contribution in [-0.4, -0.2) is 64.7 Å². The Morgan fingerprint density at radius 3 is 2.23 bits per heavy atom. The summed E-state index contributed by atoms with van der Waals surface area (Å²) in [5.41, 5.74) is -1.39. The maximum atomic E-state index is 12.9. The fourth-order valence-corrected chi connectivity index (χ4v) is 3.36. The summed E-state index contributed by atoms with van der Waals surface area (Å²) in [6, 6.07) is 0.501. The summed E-state index contributed by atoms with van der Waals surface area (Å²) in [6.07, 6.45) is -4.27. The normalized spacial score (nSPS) is 21.8. The van der Waals surface area contributed by atoms with E-state index in [0.717, 1.165) is 6.07 Å². The SMILES string of the molecule is COC(=O)C(c1ccc(C(F)(F)F)cn1)N1C[C@H](C)N(C(=O)OC(C)(C)C)C[C@H]1C. The van der Waals surface area contributed by atoms with Gasteiger partial charge in [0.2, 0.25) is 0 Å². The lowest BCUT2D eigenvalue weighted by molar-refractivity contribution is -0.150. The molecular formula is C20H28F3N3O4. The first kappa shape index (κ1) is 23.9. The minimum absolute atomic E-state index is 0.152. The van der Waals surface area contributed by atoms with Crippen molar-refractivity contribution in [3.63, 3.8) is 0 Å². The summed E-state index contributed by atoms with van der Waals surface area (Å²) in [6.45, 7) is 9.55. The zero-order chi connectivity index (χ0) is 22.9. The predicted molar refractivity (Wildman–Crippen MR) is 103 cm³/mol. The number of nitrogens with zero attached hydrogens (tertiary/aromatic N) is 3. The molecule has 0 aliphatic carbocycles. The molecule has 2 heterocycles. The molecule has 1 aromatic rings. The minimum Gasteiger partial charge on any atom is -0.468 e. The molecule has 7 nitrogen and oxygen atoms in total. The van der Waals surface area contributed by atoms with Crippen LogP contribution < -0.4 is 0 Å². The number of alkyl halides is 3. The molecule has 3 atom stereocenters. The number of carbonyl (C=O) groups is 2. The van der Waals surface area contributed by atoms with Crippen molar-refractivity contribution in [1.29, 1.82) is 0 Å². The second kappa shape index (κ2) is 8.79. The van der Waals surface area contributed by atoms with Crippen LogP contribution in [0.15, 0.2) is 18.3 Å². The van der Waals surface area contributed by atoms with Crippen molar-refractivity contribution in [2.75, 3.05) is 20.2 Å². The van der Waals surface area contributed by atoms with Crippen molar-refractivity contribution < 1.29 is 32.2 Å². The lowest BCUT2D eigenvalue weighted by Crippen LogP contribution is -2.60. The van der Waals surface area contributed by atoms with Crippen molar-refractivity contribution in [2.24, 2.45) is 0 Å². The largest absolute Gasteiger partial charge is 0.468 e. The Morgan fingerprint density at radius 1 is 1.13 bits per heavy atom.